The van der Waals surface area contributed by atoms with E-state index < -0.39 is 10.8 Å². The van der Waals surface area contributed by atoms with E-state index in [0.29, 0.717) is 0 Å². The van der Waals surface area contributed by atoms with Gasteiger partial charge in [-0.15, -0.1) is 0 Å². The zero-order valence-corrected chi connectivity index (χ0v) is 7.13. The second kappa shape index (κ2) is 2.08. The third-order valence-electron chi connectivity index (χ3n) is 1.46. The lowest BCUT2D eigenvalue weighted by molar-refractivity contribution is 0.153. The summed E-state index contributed by atoms with van der Waals surface area (Å²) >= 11 is 0. The Balaban J connectivity index is 2.75. The summed E-state index contributed by atoms with van der Waals surface area (Å²) in [5.74, 6) is 0. The maximum atomic E-state index is 12.9. The van der Waals surface area contributed by atoms with Crippen LogP contribution in [-0.4, -0.2) is 23.9 Å². The summed E-state index contributed by atoms with van der Waals surface area (Å²) in [5.41, 5.74) is 0. The van der Waals surface area contributed by atoms with Gasteiger partial charge in [0.2, 0.25) is 0 Å². The zero-order chi connectivity index (χ0) is 7.12. The van der Waals surface area contributed by atoms with Gasteiger partial charge in [-0.1, -0.05) is 18.5 Å². The maximum absolute atomic E-state index is 12.9. The minimum absolute atomic E-state index is 0.0671. The van der Waals surface area contributed by atoms with Gasteiger partial charge in [-0.25, -0.2) is 8.78 Å². The summed E-state index contributed by atoms with van der Waals surface area (Å²) in [6.07, 6.45) is 0. The summed E-state index contributed by atoms with van der Waals surface area (Å²) in [7, 11) is 3.75. The molecule has 0 aliphatic carbocycles. The van der Waals surface area contributed by atoms with Gasteiger partial charge < -0.3 is 5.32 Å². The molecule has 0 saturated carbocycles. The summed E-state index contributed by atoms with van der Waals surface area (Å²) in [6.45, 7) is 0.134. The minimum atomic E-state index is -1.81. The van der Waals surface area contributed by atoms with Crippen molar-refractivity contribution in [2.75, 3.05) is 13.1 Å². The van der Waals surface area contributed by atoms with E-state index in [1.54, 1.807) is 0 Å². The molecule has 0 amide bonds. The first-order chi connectivity index (χ1) is 3.96. The van der Waals surface area contributed by atoms with E-state index in [-0.39, 0.29) is 13.1 Å². The van der Waals surface area contributed by atoms with Crippen LogP contribution in [0.2, 0.25) is 0 Å². The third kappa shape index (κ3) is 1.24. The first-order valence-corrected chi connectivity index (χ1v) is 3.77. The minimum Gasteiger partial charge on any atom is -0.309 e. The first-order valence-electron chi connectivity index (χ1n) is 2.62. The number of nitrogens with one attached hydrogen (secondary N) is 1. The highest BCUT2D eigenvalue weighted by Crippen LogP contribution is 2.44. The van der Waals surface area contributed by atoms with Crippen LogP contribution in [0.4, 0.5) is 8.78 Å². The number of rotatable bonds is 0. The van der Waals surface area contributed by atoms with Gasteiger partial charge in [0.1, 0.15) is 0 Å². The average molecular weight is 171 g/mol. The van der Waals surface area contributed by atoms with Gasteiger partial charge in [-0.2, -0.15) is 0 Å². The molecule has 54 valence electrons. The second-order valence-corrected chi connectivity index (χ2v) is 4.16. The molecule has 5 heteroatoms. The van der Waals surface area contributed by atoms with E-state index in [9.17, 15) is 8.78 Å². The molecule has 1 nitrogen and oxygen atoms in total. The van der Waals surface area contributed by atoms with Crippen molar-refractivity contribution in [1.82, 2.24) is 5.32 Å². The van der Waals surface area contributed by atoms with Crippen molar-refractivity contribution in [2.45, 2.75) is 10.8 Å². The van der Waals surface area contributed by atoms with Crippen LogP contribution < -0.4 is 5.32 Å². The van der Waals surface area contributed by atoms with Crippen LogP contribution in [0, 0.1) is 0 Å². The van der Waals surface area contributed by atoms with Gasteiger partial charge in [0.15, 0.2) is 10.8 Å². The zero-order valence-electron chi connectivity index (χ0n) is 4.82. The van der Waals surface area contributed by atoms with Crippen LogP contribution in [0.25, 0.3) is 0 Å². The molecule has 0 aromatic heterocycles. The predicted molar refractivity (Wildman–Crippen MR) is 40.0 cm³/mol. The average Bonchev–Trinajstić information content (AvgIpc) is 1.81. The summed E-state index contributed by atoms with van der Waals surface area (Å²) in [5, 5.41) is -1.00. The van der Waals surface area contributed by atoms with Crippen LogP contribution in [0.1, 0.15) is 0 Å². The van der Waals surface area contributed by atoms with Gasteiger partial charge in [-0.05, 0) is 0 Å². The smallest absolute Gasteiger partial charge is 0.174 e. The Hall–Kier alpha value is 0.680. The van der Waals surface area contributed by atoms with Crippen LogP contribution in [0.15, 0.2) is 0 Å². The molecule has 4 unspecified atom stereocenters. The molecule has 0 radical (unpaired) electrons. The van der Waals surface area contributed by atoms with E-state index >= 15 is 0 Å². The molecule has 1 rings (SSSR count). The van der Waals surface area contributed by atoms with Crippen LogP contribution in [0.3, 0.4) is 0 Å². The Kier molecular flexibility index (Phi) is 1.80. The number of hydrogen-bond donors (Lipinski definition) is 1. The summed E-state index contributed by atoms with van der Waals surface area (Å²) in [6, 6.07) is 0. The standard InChI is InChI=1S/C4H9F2NP2/c5-3(8)1-7-2-4(3,6)9/h7H,1-2,8-9H2. The molecule has 1 saturated heterocycles. The lowest BCUT2D eigenvalue weighted by Gasteiger charge is -2.23. The van der Waals surface area contributed by atoms with Crippen LogP contribution in [-0.2, 0) is 0 Å². The molecule has 1 fully saturated rings. The van der Waals surface area contributed by atoms with Crippen molar-refractivity contribution in [1.29, 1.82) is 0 Å². The van der Waals surface area contributed by atoms with Crippen molar-refractivity contribution in [3.8, 4) is 0 Å². The molecule has 0 aromatic rings. The van der Waals surface area contributed by atoms with Gasteiger partial charge in [-0.3, -0.25) is 0 Å². The lowest BCUT2D eigenvalue weighted by Crippen LogP contribution is -2.34. The molecule has 1 heterocycles. The van der Waals surface area contributed by atoms with Crippen molar-refractivity contribution in [3.05, 3.63) is 0 Å². The fourth-order valence-electron chi connectivity index (χ4n) is 0.720. The number of halogens is 2. The monoisotopic (exact) mass is 171 g/mol. The molecular weight excluding hydrogens is 162 g/mol. The van der Waals surface area contributed by atoms with Crippen LogP contribution >= 0.6 is 18.5 Å². The Labute approximate surface area is 57.4 Å². The van der Waals surface area contributed by atoms with Gasteiger partial charge in [0, 0.05) is 13.1 Å². The predicted octanol–water partition coefficient (Wildman–Crippen LogP) is 0.671. The highest BCUT2D eigenvalue weighted by molar-refractivity contribution is 7.24. The van der Waals surface area contributed by atoms with Crippen molar-refractivity contribution < 1.29 is 8.78 Å². The SMILES string of the molecule is FC1(P)CNCC1(F)P. The van der Waals surface area contributed by atoms with Crippen molar-refractivity contribution >= 4 is 18.5 Å². The molecule has 1 aliphatic heterocycles. The largest absolute Gasteiger partial charge is 0.309 e. The molecule has 0 aromatic carbocycles. The number of alkyl halides is 2. The fourth-order valence-corrected chi connectivity index (χ4v) is 1.21. The fraction of sp³-hybridized carbons (Fsp3) is 1.00. The highest BCUT2D eigenvalue weighted by atomic mass is 31.0. The topological polar surface area (TPSA) is 12.0 Å². The molecule has 0 bridgehead atoms. The maximum Gasteiger partial charge on any atom is 0.174 e. The third-order valence-corrected chi connectivity index (χ3v) is 3.16. The lowest BCUT2D eigenvalue weighted by atomic mass is 10.3. The van der Waals surface area contributed by atoms with E-state index in [1.807, 2.05) is 18.5 Å². The number of hydrogen-bond acceptors (Lipinski definition) is 1. The Morgan fingerprint density at radius 2 is 1.44 bits per heavy atom. The van der Waals surface area contributed by atoms with Gasteiger partial charge in [0.25, 0.3) is 0 Å². The Morgan fingerprint density at radius 3 is 1.56 bits per heavy atom. The molecule has 9 heavy (non-hydrogen) atoms. The van der Waals surface area contributed by atoms with E-state index in [4.69, 9.17) is 0 Å². The van der Waals surface area contributed by atoms with E-state index in [2.05, 4.69) is 5.32 Å². The van der Waals surface area contributed by atoms with Crippen molar-refractivity contribution in [3.63, 3.8) is 0 Å². The first kappa shape index (κ1) is 7.78. The highest BCUT2D eigenvalue weighted by Gasteiger charge is 2.50. The quantitative estimate of drug-likeness (QED) is 0.528. The van der Waals surface area contributed by atoms with Crippen LogP contribution in [0.5, 0.6) is 0 Å². The Bertz CT molecular complexity index is 112. The molecular formula is C4H9F2NP2. The molecule has 4 atom stereocenters. The second-order valence-electron chi connectivity index (χ2n) is 2.33. The van der Waals surface area contributed by atoms with Crippen molar-refractivity contribution in [2.24, 2.45) is 0 Å². The summed E-state index contributed by atoms with van der Waals surface area (Å²) < 4.78 is 25.8. The van der Waals surface area contributed by atoms with Gasteiger partial charge >= 0.3 is 0 Å². The summed E-state index contributed by atoms with van der Waals surface area (Å²) in [4.78, 5) is 0. The van der Waals surface area contributed by atoms with E-state index in [1.165, 1.54) is 0 Å². The van der Waals surface area contributed by atoms with E-state index in [0.717, 1.165) is 0 Å². The molecule has 0 spiro atoms. The Morgan fingerprint density at radius 1 is 1.11 bits per heavy atom. The molecule has 1 N–H and O–H groups in total. The molecule has 1 aliphatic rings. The van der Waals surface area contributed by atoms with Gasteiger partial charge in [0.05, 0.1) is 0 Å². The normalized spacial score (nSPS) is 52.0.